The van der Waals surface area contributed by atoms with Crippen molar-refractivity contribution in [3.8, 4) is 0 Å². The summed E-state index contributed by atoms with van der Waals surface area (Å²) in [6.07, 6.45) is 4.01. The van der Waals surface area contributed by atoms with E-state index in [1.54, 1.807) is 0 Å². The maximum absolute atomic E-state index is 11.5. The minimum absolute atomic E-state index is 0.333. The average molecular weight is 234 g/mol. The molecule has 1 aliphatic heterocycles. The van der Waals surface area contributed by atoms with E-state index in [9.17, 15) is 4.79 Å². The molecule has 0 radical (unpaired) electrons. The van der Waals surface area contributed by atoms with Gasteiger partial charge in [-0.2, -0.15) is 0 Å². The van der Waals surface area contributed by atoms with Crippen molar-refractivity contribution in [1.82, 2.24) is 4.90 Å². The highest BCUT2D eigenvalue weighted by molar-refractivity contribution is 9.09. The minimum Gasteiger partial charge on any atom is -0.339 e. The monoisotopic (exact) mass is 233 g/mol. The Hall–Kier alpha value is -0.0500. The quantitative estimate of drug-likeness (QED) is 0.685. The molecule has 0 aromatic rings. The van der Waals surface area contributed by atoms with Crippen molar-refractivity contribution < 1.29 is 4.79 Å². The zero-order valence-corrected chi connectivity index (χ0v) is 9.14. The third kappa shape index (κ3) is 2.22. The Labute approximate surface area is 82.4 Å². The van der Waals surface area contributed by atoms with Gasteiger partial charge in [0.05, 0.1) is 0 Å². The molecule has 0 N–H and O–H groups in total. The topological polar surface area (TPSA) is 20.3 Å². The van der Waals surface area contributed by atoms with Gasteiger partial charge in [0.15, 0.2) is 0 Å². The molecule has 70 valence electrons. The number of rotatable bonds is 3. The van der Waals surface area contributed by atoms with Crippen molar-refractivity contribution in [3.05, 3.63) is 0 Å². The molecule has 0 unspecified atom stereocenters. The maximum Gasteiger partial charge on any atom is 0.222 e. The van der Waals surface area contributed by atoms with E-state index in [0.29, 0.717) is 18.4 Å². The number of carbonyl (C=O) groups is 1. The fourth-order valence-corrected chi connectivity index (χ4v) is 2.36. The lowest BCUT2D eigenvalue weighted by molar-refractivity contribution is -0.131. The number of halogens is 1. The summed E-state index contributed by atoms with van der Waals surface area (Å²) < 4.78 is 0. The summed E-state index contributed by atoms with van der Waals surface area (Å²) in [6, 6.07) is 0.462. The Balaban J connectivity index is 2.43. The van der Waals surface area contributed by atoms with Crippen LogP contribution in [0, 0.1) is 0 Å². The Morgan fingerprint density at radius 3 is 3.00 bits per heavy atom. The summed E-state index contributed by atoms with van der Waals surface area (Å²) in [5.74, 6) is 0.333. The van der Waals surface area contributed by atoms with Crippen LogP contribution in [0.3, 0.4) is 0 Å². The number of hydrogen-bond acceptors (Lipinski definition) is 1. The first-order chi connectivity index (χ1) is 5.79. The normalized spacial score (nSPS) is 23.2. The number of likely N-dealkylation sites (tertiary alicyclic amines) is 1. The average Bonchev–Trinajstić information content (AvgIpc) is 2.51. The van der Waals surface area contributed by atoms with Crippen molar-refractivity contribution in [3.63, 3.8) is 0 Å². The van der Waals surface area contributed by atoms with Gasteiger partial charge in [-0.1, -0.05) is 22.9 Å². The van der Waals surface area contributed by atoms with Gasteiger partial charge in [-0.3, -0.25) is 4.79 Å². The molecule has 1 saturated heterocycles. The van der Waals surface area contributed by atoms with Crippen LogP contribution >= 0.6 is 15.9 Å². The second-order valence-electron chi connectivity index (χ2n) is 3.29. The largest absolute Gasteiger partial charge is 0.339 e. The fraction of sp³-hybridized carbons (Fsp3) is 0.889. The van der Waals surface area contributed by atoms with Crippen molar-refractivity contribution in [2.75, 3.05) is 11.9 Å². The first-order valence-electron chi connectivity index (χ1n) is 4.65. The smallest absolute Gasteiger partial charge is 0.222 e. The Morgan fingerprint density at radius 1 is 1.67 bits per heavy atom. The molecule has 0 bridgehead atoms. The van der Waals surface area contributed by atoms with Gasteiger partial charge in [0.1, 0.15) is 0 Å². The molecule has 3 heteroatoms. The number of hydrogen-bond donors (Lipinski definition) is 0. The lowest BCUT2D eigenvalue weighted by Crippen LogP contribution is -2.36. The van der Waals surface area contributed by atoms with Crippen LogP contribution < -0.4 is 0 Å². The SMILES string of the molecule is CCCC(=O)N1CCC[C@H]1CBr. The van der Waals surface area contributed by atoms with Crippen molar-refractivity contribution in [1.29, 1.82) is 0 Å². The van der Waals surface area contributed by atoms with Crippen LogP contribution in [-0.2, 0) is 4.79 Å². The second kappa shape index (κ2) is 4.85. The van der Waals surface area contributed by atoms with Gasteiger partial charge in [-0.15, -0.1) is 0 Å². The zero-order valence-electron chi connectivity index (χ0n) is 7.55. The molecule has 0 saturated carbocycles. The van der Waals surface area contributed by atoms with E-state index in [1.165, 1.54) is 12.8 Å². The van der Waals surface area contributed by atoms with E-state index in [1.807, 2.05) is 4.90 Å². The molecule has 0 spiro atoms. The Kier molecular flexibility index (Phi) is 4.06. The first kappa shape index (κ1) is 10.0. The zero-order chi connectivity index (χ0) is 8.97. The molecule has 0 aliphatic carbocycles. The van der Waals surface area contributed by atoms with Crippen LogP contribution in [0.1, 0.15) is 32.6 Å². The van der Waals surface area contributed by atoms with Crippen LogP contribution in [0.25, 0.3) is 0 Å². The van der Waals surface area contributed by atoms with Gasteiger partial charge in [0, 0.05) is 24.3 Å². The molecule has 1 fully saturated rings. The van der Waals surface area contributed by atoms with Crippen LogP contribution in [0.15, 0.2) is 0 Å². The maximum atomic E-state index is 11.5. The lowest BCUT2D eigenvalue weighted by Gasteiger charge is -2.22. The first-order valence-corrected chi connectivity index (χ1v) is 5.77. The van der Waals surface area contributed by atoms with E-state index in [2.05, 4.69) is 22.9 Å². The predicted octanol–water partition coefficient (Wildman–Crippen LogP) is 2.17. The van der Waals surface area contributed by atoms with Crippen molar-refractivity contribution >= 4 is 21.8 Å². The number of carbonyl (C=O) groups excluding carboxylic acids is 1. The molecule has 1 aliphatic rings. The number of alkyl halides is 1. The molecule has 1 atom stereocenters. The van der Waals surface area contributed by atoms with E-state index in [-0.39, 0.29) is 0 Å². The standard InChI is InChI=1S/C9H16BrNO/c1-2-4-9(12)11-6-3-5-8(11)7-10/h8H,2-7H2,1H3/t8-/m0/s1. The van der Waals surface area contributed by atoms with E-state index in [0.717, 1.165) is 18.3 Å². The fourth-order valence-electron chi connectivity index (χ4n) is 1.68. The van der Waals surface area contributed by atoms with E-state index >= 15 is 0 Å². The van der Waals surface area contributed by atoms with Gasteiger partial charge in [-0.05, 0) is 19.3 Å². The van der Waals surface area contributed by atoms with Gasteiger partial charge in [-0.25, -0.2) is 0 Å². The van der Waals surface area contributed by atoms with Crippen LogP contribution in [0.5, 0.6) is 0 Å². The van der Waals surface area contributed by atoms with Crippen LogP contribution in [0.2, 0.25) is 0 Å². The van der Waals surface area contributed by atoms with Gasteiger partial charge >= 0.3 is 0 Å². The highest BCUT2D eigenvalue weighted by atomic mass is 79.9. The summed E-state index contributed by atoms with van der Waals surface area (Å²) in [5.41, 5.74) is 0. The Bertz CT molecular complexity index is 161. The molecule has 0 aromatic carbocycles. The summed E-state index contributed by atoms with van der Waals surface area (Å²) in [4.78, 5) is 13.5. The highest BCUT2D eigenvalue weighted by Crippen LogP contribution is 2.19. The summed E-state index contributed by atoms with van der Waals surface area (Å²) in [6.45, 7) is 3.02. The van der Waals surface area contributed by atoms with Gasteiger partial charge in [0.25, 0.3) is 0 Å². The third-order valence-corrected chi connectivity index (χ3v) is 3.09. The van der Waals surface area contributed by atoms with E-state index < -0.39 is 0 Å². The minimum atomic E-state index is 0.333. The summed E-state index contributed by atoms with van der Waals surface area (Å²) in [5, 5.41) is 0.933. The number of nitrogens with zero attached hydrogens (tertiary/aromatic N) is 1. The molecular weight excluding hydrogens is 218 g/mol. The van der Waals surface area contributed by atoms with Gasteiger partial charge in [0.2, 0.25) is 5.91 Å². The number of amides is 1. The molecule has 0 aromatic heterocycles. The summed E-state index contributed by atoms with van der Waals surface area (Å²) >= 11 is 3.44. The second-order valence-corrected chi connectivity index (χ2v) is 3.93. The molecule has 1 heterocycles. The molecule has 1 rings (SSSR count). The third-order valence-electron chi connectivity index (χ3n) is 2.34. The molecule has 12 heavy (non-hydrogen) atoms. The van der Waals surface area contributed by atoms with Crippen molar-refractivity contribution in [2.45, 2.75) is 38.6 Å². The molecule has 1 amide bonds. The molecule has 2 nitrogen and oxygen atoms in total. The molecular formula is C9H16BrNO. The predicted molar refractivity (Wildman–Crippen MR) is 53.4 cm³/mol. The van der Waals surface area contributed by atoms with E-state index in [4.69, 9.17) is 0 Å². The van der Waals surface area contributed by atoms with Crippen molar-refractivity contribution in [2.24, 2.45) is 0 Å². The lowest BCUT2D eigenvalue weighted by atomic mass is 10.2. The highest BCUT2D eigenvalue weighted by Gasteiger charge is 2.26. The Morgan fingerprint density at radius 2 is 2.42 bits per heavy atom. The summed E-state index contributed by atoms with van der Waals surface area (Å²) in [7, 11) is 0. The van der Waals surface area contributed by atoms with Crippen LogP contribution in [-0.4, -0.2) is 28.7 Å². The van der Waals surface area contributed by atoms with Crippen LogP contribution in [0.4, 0.5) is 0 Å². The van der Waals surface area contributed by atoms with Gasteiger partial charge < -0.3 is 4.90 Å².